The quantitative estimate of drug-likeness (QED) is 0.482. The molecule has 2 aromatic carbocycles. The first-order valence-electron chi connectivity index (χ1n) is 11.0. The molecule has 0 radical (unpaired) electrons. The Morgan fingerprint density at radius 1 is 1.17 bits per heavy atom. The number of carbonyl (C=O) groups is 2. The first-order valence-corrected chi connectivity index (χ1v) is 13.3. The highest BCUT2D eigenvalue weighted by molar-refractivity contribution is 7.92. The van der Waals surface area contributed by atoms with Gasteiger partial charge in [0, 0.05) is 18.2 Å². The lowest BCUT2D eigenvalue weighted by molar-refractivity contribution is -0.139. The van der Waals surface area contributed by atoms with Crippen LogP contribution >= 0.6 is 11.6 Å². The molecule has 0 aliphatic carbocycles. The summed E-state index contributed by atoms with van der Waals surface area (Å²) in [6.45, 7) is 4.41. The Morgan fingerprint density at radius 2 is 1.83 bits per heavy atom. The Morgan fingerprint density at radius 3 is 2.37 bits per heavy atom. The number of nitrogens with zero attached hydrogens (tertiary/aromatic N) is 2. The molecular formula is C24H31ClFN3O5S. The van der Waals surface area contributed by atoms with Crippen molar-refractivity contribution in [2.24, 2.45) is 0 Å². The summed E-state index contributed by atoms with van der Waals surface area (Å²) in [4.78, 5) is 27.5. The Balaban J connectivity index is 2.43. The number of benzene rings is 2. The lowest BCUT2D eigenvalue weighted by Gasteiger charge is -2.32. The molecule has 35 heavy (non-hydrogen) atoms. The molecule has 2 rings (SSSR count). The normalized spacial score (nSPS) is 13.0. The van der Waals surface area contributed by atoms with Crippen LogP contribution in [0, 0.1) is 5.82 Å². The molecule has 0 aromatic heterocycles. The van der Waals surface area contributed by atoms with Gasteiger partial charge in [-0.3, -0.25) is 13.9 Å². The van der Waals surface area contributed by atoms with E-state index in [4.69, 9.17) is 16.3 Å². The van der Waals surface area contributed by atoms with Gasteiger partial charge in [-0.15, -0.1) is 0 Å². The number of hydrogen-bond acceptors (Lipinski definition) is 5. The van der Waals surface area contributed by atoms with Crippen molar-refractivity contribution >= 4 is 39.1 Å². The predicted octanol–water partition coefficient (Wildman–Crippen LogP) is 3.59. The Hall–Kier alpha value is -2.85. The van der Waals surface area contributed by atoms with E-state index in [1.807, 2.05) is 13.8 Å². The zero-order valence-corrected chi connectivity index (χ0v) is 22.0. The summed E-state index contributed by atoms with van der Waals surface area (Å²) in [5.41, 5.74) is 0.344. The third kappa shape index (κ3) is 7.57. The van der Waals surface area contributed by atoms with E-state index in [1.165, 1.54) is 55.3 Å². The fourth-order valence-electron chi connectivity index (χ4n) is 3.28. The van der Waals surface area contributed by atoms with E-state index in [0.717, 1.165) is 10.6 Å². The van der Waals surface area contributed by atoms with E-state index >= 15 is 0 Å². The fraction of sp³-hybridized carbons (Fsp3) is 0.417. The second kappa shape index (κ2) is 12.2. The van der Waals surface area contributed by atoms with Crippen LogP contribution in [-0.4, -0.2) is 57.1 Å². The largest absolute Gasteiger partial charge is 0.495 e. The molecule has 1 N–H and O–H groups in total. The van der Waals surface area contributed by atoms with E-state index < -0.39 is 40.2 Å². The van der Waals surface area contributed by atoms with Gasteiger partial charge >= 0.3 is 0 Å². The van der Waals surface area contributed by atoms with Crippen LogP contribution in [0.1, 0.15) is 32.8 Å². The Kier molecular flexibility index (Phi) is 9.91. The van der Waals surface area contributed by atoms with Gasteiger partial charge in [0.15, 0.2) is 0 Å². The predicted molar refractivity (Wildman–Crippen MR) is 135 cm³/mol. The molecule has 0 saturated carbocycles. The number of nitrogens with one attached hydrogen (secondary N) is 1. The molecule has 0 spiro atoms. The van der Waals surface area contributed by atoms with Crippen LogP contribution < -0.4 is 14.4 Å². The number of anilines is 1. The molecular weight excluding hydrogens is 497 g/mol. The molecule has 192 valence electrons. The van der Waals surface area contributed by atoms with Crippen LogP contribution in [0.4, 0.5) is 10.1 Å². The molecule has 0 bridgehead atoms. The minimum atomic E-state index is -3.92. The van der Waals surface area contributed by atoms with Crippen molar-refractivity contribution in [3.63, 3.8) is 0 Å². The monoisotopic (exact) mass is 527 g/mol. The Bertz CT molecular complexity index is 1160. The molecule has 2 atom stereocenters. The van der Waals surface area contributed by atoms with Crippen LogP contribution in [0.2, 0.25) is 5.02 Å². The van der Waals surface area contributed by atoms with Crippen molar-refractivity contribution in [1.29, 1.82) is 0 Å². The van der Waals surface area contributed by atoms with Crippen LogP contribution in [0.25, 0.3) is 0 Å². The van der Waals surface area contributed by atoms with E-state index in [0.29, 0.717) is 12.2 Å². The lowest BCUT2D eigenvalue weighted by atomic mass is 10.1. The number of ether oxygens (including phenoxy) is 1. The molecule has 0 aliphatic rings. The third-order valence-electron chi connectivity index (χ3n) is 5.57. The fourth-order valence-corrected chi connectivity index (χ4v) is 4.38. The molecule has 0 heterocycles. The number of carbonyl (C=O) groups excluding carboxylic acids is 2. The van der Waals surface area contributed by atoms with E-state index in [-0.39, 0.29) is 28.9 Å². The molecule has 8 nitrogen and oxygen atoms in total. The average molecular weight is 528 g/mol. The second-order valence-corrected chi connectivity index (χ2v) is 10.5. The minimum Gasteiger partial charge on any atom is -0.495 e. The zero-order valence-electron chi connectivity index (χ0n) is 20.4. The summed E-state index contributed by atoms with van der Waals surface area (Å²) < 4.78 is 45.6. The third-order valence-corrected chi connectivity index (χ3v) is 7.01. The van der Waals surface area contributed by atoms with Crippen molar-refractivity contribution < 1.29 is 27.1 Å². The van der Waals surface area contributed by atoms with E-state index in [9.17, 15) is 22.4 Å². The highest BCUT2D eigenvalue weighted by Crippen LogP contribution is 2.30. The standard InChI is InChI=1S/C24H31ClFN3O5S/c1-6-16(2)27-24(31)17(3)28(14-18-9-7-8-10-21(18)26)23(30)15-29(35(5,32)33)19-11-12-22(34-4)20(25)13-19/h7-13,16-17H,6,14-15H2,1-5H3,(H,27,31)/t16-,17+/m1/s1. The maximum atomic E-state index is 14.4. The van der Waals surface area contributed by atoms with Gasteiger partial charge in [-0.25, -0.2) is 12.8 Å². The van der Waals surface area contributed by atoms with Gasteiger partial charge < -0.3 is 15.0 Å². The number of amides is 2. The highest BCUT2D eigenvalue weighted by atomic mass is 35.5. The number of sulfonamides is 1. The van der Waals surface area contributed by atoms with Gasteiger partial charge in [-0.1, -0.05) is 36.7 Å². The highest BCUT2D eigenvalue weighted by Gasteiger charge is 2.31. The summed E-state index contributed by atoms with van der Waals surface area (Å²) in [6, 6.07) is 9.08. The van der Waals surface area contributed by atoms with Gasteiger partial charge in [0.25, 0.3) is 0 Å². The smallest absolute Gasteiger partial charge is 0.244 e. The topological polar surface area (TPSA) is 96.0 Å². The van der Waals surface area contributed by atoms with Gasteiger partial charge in [0.05, 0.1) is 24.1 Å². The number of hydrogen-bond donors (Lipinski definition) is 1. The zero-order chi connectivity index (χ0) is 26.3. The molecule has 0 aliphatic heterocycles. The van der Waals surface area contributed by atoms with Crippen molar-refractivity contribution in [2.75, 3.05) is 24.2 Å². The van der Waals surface area contributed by atoms with E-state index in [2.05, 4.69) is 5.32 Å². The summed E-state index contributed by atoms with van der Waals surface area (Å²) in [6.07, 6.45) is 1.64. The van der Waals surface area contributed by atoms with Crippen molar-refractivity contribution in [3.8, 4) is 5.75 Å². The van der Waals surface area contributed by atoms with Gasteiger partial charge in [0.1, 0.15) is 24.2 Å². The summed E-state index contributed by atoms with van der Waals surface area (Å²) in [5.74, 6) is -1.31. The first-order chi connectivity index (χ1) is 16.4. The van der Waals surface area contributed by atoms with E-state index in [1.54, 1.807) is 6.07 Å². The van der Waals surface area contributed by atoms with Crippen LogP contribution in [0.3, 0.4) is 0 Å². The second-order valence-electron chi connectivity index (χ2n) is 8.20. The van der Waals surface area contributed by atoms with Crippen LogP contribution in [0.5, 0.6) is 5.75 Å². The Labute approximate surface area is 211 Å². The summed E-state index contributed by atoms with van der Waals surface area (Å²) >= 11 is 6.17. The molecule has 2 amide bonds. The maximum Gasteiger partial charge on any atom is 0.244 e. The molecule has 0 unspecified atom stereocenters. The average Bonchev–Trinajstić information content (AvgIpc) is 2.80. The number of methoxy groups -OCH3 is 1. The van der Waals surface area contributed by atoms with Gasteiger partial charge in [-0.05, 0) is 44.5 Å². The summed E-state index contributed by atoms with van der Waals surface area (Å²) in [5, 5.41) is 2.97. The van der Waals surface area contributed by atoms with Gasteiger partial charge in [0.2, 0.25) is 21.8 Å². The molecule has 0 fully saturated rings. The van der Waals surface area contributed by atoms with Crippen molar-refractivity contribution in [1.82, 2.24) is 10.2 Å². The number of halogens is 2. The first kappa shape index (κ1) is 28.4. The SMILES string of the molecule is CC[C@@H](C)NC(=O)[C@H](C)N(Cc1ccccc1F)C(=O)CN(c1ccc(OC)c(Cl)c1)S(C)(=O)=O. The molecule has 11 heteroatoms. The van der Waals surface area contributed by atoms with Crippen molar-refractivity contribution in [2.45, 2.75) is 45.8 Å². The number of rotatable bonds is 11. The summed E-state index contributed by atoms with van der Waals surface area (Å²) in [7, 11) is -2.50. The maximum absolute atomic E-state index is 14.4. The molecule has 2 aromatic rings. The van der Waals surface area contributed by atoms with Crippen LogP contribution in [0.15, 0.2) is 42.5 Å². The van der Waals surface area contributed by atoms with Crippen LogP contribution in [-0.2, 0) is 26.2 Å². The minimum absolute atomic E-state index is 0.135. The molecule has 0 saturated heterocycles. The van der Waals surface area contributed by atoms with Crippen molar-refractivity contribution in [3.05, 3.63) is 58.9 Å². The lowest BCUT2D eigenvalue weighted by Crippen LogP contribution is -2.52. The van der Waals surface area contributed by atoms with Gasteiger partial charge in [-0.2, -0.15) is 0 Å².